The standard InChI is InChI=1S/C25H25ClN4O4S.Ca.2H/c26-18-13-19-16(12-23(32)30(19)22(31)5-6-24(33)34)11-15(18)7-9-29-10-8-27-14-20(29)25-17-3-1-2-4-21(17)35-28-25;;;/h1-4,11,13,20,27H,5-10,12,14H2,(H,33,34);;;. The average Bonchev–Trinajstić information content (AvgIpc) is 3.41. The van der Waals surface area contributed by atoms with E-state index in [0.717, 1.165) is 47.9 Å². The summed E-state index contributed by atoms with van der Waals surface area (Å²) in [5.41, 5.74) is 3.24. The number of carbonyl (C=O) groups is 3. The van der Waals surface area contributed by atoms with Gasteiger partial charge in [0.05, 0.1) is 35.0 Å². The van der Waals surface area contributed by atoms with Crippen LogP contribution in [0, 0.1) is 0 Å². The Labute approximate surface area is 247 Å². The number of benzene rings is 2. The first kappa shape index (κ1) is 27.4. The molecule has 11 heteroatoms. The second-order valence-corrected chi connectivity index (χ2v) is 10.0. The number of carboxylic acids is 1. The van der Waals surface area contributed by atoms with Gasteiger partial charge in [-0.05, 0) is 41.2 Å². The summed E-state index contributed by atoms with van der Waals surface area (Å²) < 4.78 is 5.95. The number of imide groups is 1. The first-order chi connectivity index (χ1) is 16.9. The van der Waals surface area contributed by atoms with Crippen LogP contribution >= 0.6 is 23.1 Å². The zero-order valence-corrected chi connectivity index (χ0v) is 20.6. The maximum atomic E-state index is 12.5. The monoisotopic (exact) mass is 554 g/mol. The van der Waals surface area contributed by atoms with Gasteiger partial charge in [-0.15, -0.1) is 0 Å². The summed E-state index contributed by atoms with van der Waals surface area (Å²) >= 11 is 8.13. The first-order valence-corrected chi connectivity index (χ1v) is 12.8. The first-order valence-electron chi connectivity index (χ1n) is 11.6. The van der Waals surface area contributed by atoms with Gasteiger partial charge in [0, 0.05) is 43.0 Å². The van der Waals surface area contributed by atoms with Crippen LogP contribution in [0.1, 0.15) is 35.7 Å². The van der Waals surface area contributed by atoms with Crippen LogP contribution < -0.4 is 10.2 Å². The molecule has 1 unspecified atom stereocenters. The number of amides is 2. The molecule has 1 aromatic heterocycles. The van der Waals surface area contributed by atoms with Gasteiger partial charge >= 0.3 is 43.7 Å². The Morgan fingerprint density at radius 2 is 2.03 bits per heavy atom. The number of nitrogens with zero attached hydrogens (tertiary/aromatic N) is 3. The summed E-state index contributed by atoms with van der Waals surface area (Å²) in [5, 5.41) is 14.0. The summed E-state index contributed by atoms with van der Waals surface area (Å²) in [4.78, 5) is 39.3. The Hall–Kier alpha value is -1.59. The number of carbonyl (C=O) groups excluding carboxylic acids is 2. The van der Waals surface area contributed by atoms with E-state index in [1.165, 1.54) is 21.6 Å². The molecule has 2 aliphatic heterocycles. The average molecular weight is 555 g/mol. The topological polar surface area (TPSA) is 103 Å². The van der Waals surface area contributed by atoms with Crippen molar-refractivity contribution in [3.05, 3.63) is 58.2 Å². The summed E-state index contributed by atoms with van der Waals surface area (Å²) in [7, 11) is 0. The molecule has 0 radical (unpaired) electrons. The number of rotatable bonds is 7. The molecule has 5 rings (SSSR count). The van der Waals surface area contributed by atoms with E-state index in [1.807, 2.05) is 18.2 Å². The number of fused-ring (bicyclic) bond motifs is 2. The summed E-state index contributed by atoms with van der Waals surface area (Å²) in [6.45, 7) is 3.40. The number of carboxylic acid groups (broad SMARTS) is 1. The predicted octanol–water partition coefficient (Wildman–Crippen LogP) is 2.50. The number of nitrogens with one attached hydrogen (secondary N) is 1. The van der Waals surface area contributed by atoms with Crippen LogP contribution in [-0.4, -0.2) is 96.1 Å². The van der Waals surface area contributed by atoms with Crippen molar-refractivity contribution in [2.75, 3.05) is 31.1 Å². The molecule has 0 spiro atoms. The van der Waals surface area contributed by atoms with Gasteiger partial charge in [-0.1, -0.05) is 35.9 Å². The number of halogens is 1. The molecule has 1 fully saturated rings. The number of aliphatic carboxylic acids is 1. The third kappa shape index (κ3) is 5.62. The molecule has 3 heterocycles. The van der Waals surface area contributed by atoms with E-state index in [0.29, 0.717) is 17.1 Å². The molecule has 1 saturated heterocycles. The van der Waals surface area contributed by atoms with E-state index in [-0.39, 0.29) is 68.9 Å². The molecule has 186 valence electrons. The van der Waals surface area contributed by atoms with E-state index < -0.39 is 11.9 Å². The van der Waals surface area contributed by atoms with Gasteiger partial charge in [0.1, 0.15) is 0 Å². The van der Waals surface area contributed by atoms with Crippen molar-refractivity contribution in [1.29, 1.82) is 0 Å². The van der Waals surface area contributed by atoms with Crippen molar-refractivity contribution in [3.63, 3.8) is 0 Å². The van der Waals surface area contributed by atoms with Crippen molar-refractivity contribution in [2.24, 2.45) is 0 Å². The Morgan fingerprint density at radius 1 is 1.22 bits per heavy atom. The molecule has 2 aromatic carbocycles. The summed E-state index contributed by atoms with van der Waals surface area (Å²) in [6.07, 6.45) is 0.269. The number of anilines is 1. The Kier molecular flexibility index (Phi) is 9.04. The van der Waals surface area contributed by atoms with Crippen LogP contribution in [0.25, 0.3) is 10.1 Å². The third-order valence-electron chi connectivity index (χ3n) is 6.63. The van der Waals surface area contributed by atoms with E-state index >= 15 is 0 Å². The van der Waals surface area contributed by atoms with E-state index in [2.05, 4.69) is 22.3 Å². The van der Waals surface area contributed by atoms with Gasteiger partial charge in [-0.3, -0.25) is 19.3 Å². The van der Waals surface area contributed by atoms with Gasteiger partial charge < -0.3 is 10.4 Å². The molecule has 2 N–H and O–H groups in total. The minimum atomic E-state index is -1.07. The minimum absolute atomic E-state index is 0. The molecule has 1 atom stereocenters. The maximum absolute atomic E-state index is 12.5. The quantitative estimate of drug-likeness (QED) is 0.433. The zero-order chi connectivity index (χ0) is 24.5. The SMILES string of the molecule is O=C(O)CCC(=O)N1C(=O)Cc2cc(CCN3CCNCC3c3nsc4ccccc34)c(Cl)cc21.[CaH2]. The second kappa shape index (κ2) is 11.9. The van der Waals surface area contributed by atoms with E-state index in [1.54, 1.807) is 6.07 Å². The molecule has 0 bridgehead atoms. The molecule has 2 amide bonds. The van der Waals surface area contributed by atoms with Crippen LogP contribution in [0.4, 0.5) is 5.69 Å². The number of aromatic nitrogens is 1. The fraction of sp³-hybridized carbons (Fsp3) is 0.360. The predicted molar refractivity (Wildman–Crippen MR) is 144 cm³/mol. The van der Waals surface area contributed by atoms with Gasteiger partial charge in [0.25, 0.3) is 0 Å². The Bertz CT molecular complexity index is 1320. The van der Waals surface area contributed by atoms with Gasteiger partial charge in [0.15, 0.2) is 0 Å². The Balaban J connectivity index is 0.00000304. The zero-order valence-electron chi connectivity index (χ0n) is 19.0. The van der Waals surface area contributed by atoms with Crippen LogP contribution in [0.5, 0.6) is 0 Å². The van der Waals surface area contributed by atoms with Gasteiger partial charge in [-0.25, -0.2) is 4.90 Å². The van der Waals surface area contributed by atoms with Crippen LogP contribution in [0.2, 0.25) is 5.02 Å². The molecule has 36 heavy (non-hydrogen) atoms. The van der Waals surface area contributed by atoms with Crippen molar-refractivity contribution >= 4 is 94.4 Å². The fourth-order valence-electron chi connectivity index (χ4n) is 4.87. The normalized spacial score (nSPS) is 17.8. The van der Waals surface area contributed by atoms with Crippen molar-refractivity contribution in [2.45, 2.75) is 31.7 Å². The number of hydrogen-bond acceptors (Lipinski definition) is 7. The van der Waals surface area contributed by atoms with Gasteiger partial charge in [0.2, 0.25) is 11.8 Å². The third-order valence-corrected chi connectivity index (χ3v) is 7.82. The number of hydrogen-bond donors (Lipinski definition) is 2. The van der Waals surface area contributed by atoms with Crippen molar-refractivity contribution < 1.29 is 19.5 Å². The molecular formula is C25H27CaClN4O4S. The van der Waals surface area contributed by atoms with Gasteiger partial charge in [-0.2, -0.15) is 4.37 Å². The molecule has 0 saturated carbocycles. The van der Waals surface area contributed by atoms with Crippen LogP contribution in [0.15, 0.2) is 36.4 Å². The fourth-order valence-corrected chi connectivity index (χ4v) is 5.95. The molecule has 8 nitrogen and oxygen atoms in total. The van der Waals surface area contributed by atoms with Crippen molar-refractivity contribution in [1.82, 2.24) is 14.6 Å². The van der Waals surface area contributed by atoms with E-state index in [4.69, 9.17) is 21.1 Å². The van der Waals surface area contributed by atoms with Crippen molar-refractivity contribution in [3.8, 4) is 0 Å². The van der Waals surface area contributed by atoms with E-state index in [9.17, 15) is 14.4 Å². The van der Waals surface area contributed by atoms with Crippen LogP contribution in [-0.2, 0) is 27.2 Å². The molecule has 3 aromatic rings. The number of piperazine rings is 1. The Morgan fingerprint density at radius 3 is 2.83 bits per heavy atom. The van der Waals surface area contributed by atoms with Crippen LogP contribution in [0.3, 0.4) is 0 Å². The molecule has 0 aliphatic carbocycles. The molecular weight excluding hydrogens is 528 g/mol. The summed E-state index contributed by atoms with van der Waals surface area (Å²) in [6, 6.07) is 12.0. The second-order valence-electron chi connectivity index (χ2n) is 8.84. The summed E-state index contributed by atoms with van der Waals surface area (Å²) in [5.74, 6) is -1.93. The molecule has 2 aliphatic rings.